The first kappa shape index (κ1) is 36.0. The van der Waals surface area contributed by atoms with Gasteiger partial charge in [-0.2, -0.15) is 0 Å². The molecule has 0 radical (unpaired) electrons. The molecule has 0 saturated carbocycles. The van der Waals surface area contributed by atoms with Crippen molar-refractivity contribution in [3.05, 3.63) is 76.9 Å². The third-order valence-corrected chi connectivity index (χ3v) is 8.86. The lowest BCUT2D eigenvalue weighted by molar-refractivity contribution is 0.0142. The molecular weight excluding hydrogens is 590 g/mol. The lowest BCUT2D eigenvalue weighted by Gasteiger charge is -2.35. The van der Waals surface area contributed by atoms with Crippen LogP contribution in [0.3, 0.4) is 0 Å². The first-order valence-corrected chi connectivity index (χ1v) is 17.2. The zero-order chi connectivity index (χ0) is 34.1. The molecule has 1 aromatic carbocycles. The van der Waals surface area contributed by atoms with Gasteiger partial charge in [0.1, 0.15) is 17.2 Å². The first-order valence-electron chi connectivity index (χ1n) is 17.2. The lowest BCUT2D eigenvalue weighted by atomic mass is 10.0. The number of ether oxygens (including phenoxy) is 2. The molecule has 47 heavy (non-hydrogen) atoms. The van der Waals surface area contributed by atoms with Gasteiger partial charge < -0.3 is 23.8 Å². The summed E-state index contributed by atoms with van der Waals surface area (Å²) in [6.07, 6.45) is 12.8. The highest BCUT2D eigenvalue weighted by atomic mass is 16.6. The summed E-state index contributed by atoms with van der Waals surface area (Å²) in [4.78, 5) is 37.3. The van der Waals surface area contributed by atoms with Crippen molar-refractivity contribution in [3.8, 4) is 5.75 Å². The van der Waals surface area contributed by atoms with E-state index in [1.807, 2.05) is 69.9 Å². The number of carbonyl (C=O) groups is 2. The van der Waals surface area contributed by atoms with Crippen LogP contribution in [-0.4, -0.2) is 93.8 Å². The van der Waals surface area contributed by atoms with Gasteiger partial charge in [-0.15, -0.1) is 0 Å². The van der Waals surface area contributed by atoms with Crippen LogP contribution >= 0.6 is 0 Å². The molecule has 0 aliphatic carbocycles. The van der Waals surface area contributed by atoms with Gasteiger partial charge in [0.25, 0.3) is 5.91 Å². The summed E-state index contributed by atoms with van der Waals surface area (Å²) in [7, 11) is 0. The fourth-order valence-corrected chi connectivity index (χ4v) is 6.39. The summed E-state index contributed by atoms with van der Waals surface area (Å²) >= 11 is 0. The quantitative estimate of drug-likeness (QED) is 0.208. The first-order chi connectivity index (χ1) is 22.4. The summed E-state index contributed by atoms with van der Waals surface area (Å²) in [6, 6.07) is 5.69. The van der Waals surface area contributed by atoms with E-state index in [4.69, 9.17) is 14.5 Å². The minimum absolute atomic E-state index is 0.0275. The monoisotopic (exact) mass is 645 g/mol. The molecule has 1 aromatic heterocycles. The zero-order valence-electron chi connectivity index (χ0n) is 29.8. The number of aryl methyl sites for hydroxylation is 2. The molecule has 1 saturated heterocycles. The Morgan fingerprint density at radius 3 is 2.43 bits per heavy atom. The summed E-state index contributed by atoms with van der Waals surface area (Å²) in [5.41, 5.74) is 4.53. The van der Waals surface area contributed by atoms with Gasteiger partial charge in [0.2, 0.25) is 0 Å². The van der Waals surface area contributed by atoms with Crippen LogP contribution in [0.4, 0.5) is 4.79 Å². The zero-order valence-corrected chi connectivity index (χ0v) is 29.8. The van der Waals surface area contributed by atoms with E-state index in [0.29, 0.717) is 31.8 Å². The molecule has 9 heteroatoms. The highest BCUT2D eigenvalue weighted by Crippen LogP contribution is 2.32. The predicted octanol–water partition coefficient (Wildman–Crippen LogP) is 6.83. The van der Waals surface area contributed by atoms with Crippen LogP contribution < -0.4 is 4.74 Å². The van der Waals surface area contributed by atoms with Crippen molar-refractivity contribution in [3.63, 3.8) is 0 Å². The molecule has 256 valence electrons. The van der Waals surface area contributed by atoms with Gasteiger partial charge in [-0.05, 0) is 97.6 Å². The maximum Gasteiger partial charge on any atom is 0.410 e. The largest absolute Gasteiger partial charge is 0.493 e. The van der Waals surface area contributed by atoms with E-state index in [0.717, 1.165) is 79.5 Å². The smallest absolute Gasteiger partial charge is 0.410 e. The second kappa shape index (κ2) is 16.3. The fraction of sp³-hybridized carbons (Fsp3) is 0.553. The Morgan fingerprint density at radius 2 is 1.77 bits per heavy atom. The highest BCUT2D eigenvalue weighted by molar-refractivity contribution is 5.96. The maximum absolute atomic E-state index is 13.9. The minimum atomic E-state index is -0.477. The molecule has 2 aliphatic heterocycles. The van der Waals surface area contributed by atoms with E-state index in [1.54, 1.807) is 4.90 Å². The van der Waals surface area contributed by atoms with Crippen LogP contribution in [0.5, 0.6) is 5.75 Å². The second-order valence-electron chi connectivity index (χ2n) is 13.5. The number of allylic oxidation sites excluding steroid dienone is 5. The average Bonchev–Trinajstić information content (AvgIpc) is 3.26. The molecule has 0 N–H and O–H groups in total. The Labute approximate surface area is 281 Å². The number of benzene rings is 1. The predicted molar refractivity (Wildman–Crippen MR) is 189 cm³/mol. The molecule has 9 nitrogen and oxygen atoms in total. The SMILES string of the molecule is C/C=C\C=C/CCn1c(C)nc2c1/C(=C/C)C(C)N(C(=O)c1ccc(OCCCN3CCN(C(=O)OC(C)(C)C)CC3)c(C)c1)CC2. The average molecular weight is 646 g/mol. The van der Waals surface area contributed by atoms with Crippen LogP contribution in [-0.2, 0) is 17.7 Å². The second-order valence-corrected chi connectivity index (χ2v) is 13.5. The van der Waals surface area contributed by atoms with Crippen molar-refractivity contribution >= 4 is 17.6 Å². The molecule has 2 aromatic rings. The topological polar surface area (TPSA) is 80.1 Å². The Morgan fingerprint density at radius 1 is 1.02 bits per heavy atom. The van der Waals surface area contributed by atoms with Gasteiger partial charge in [-0.3, -0.25) is 9.69 Å². The van der Waals surface area contributed by atoms with Gasteiger partial charge >= 0.3 is 6.09 Å². The molecule has 3 heterocycles. The van der Waals surface area contributed by atoms with Crippen LogP contribution in [0.25, 0.3) is 5.57 Å². The standard InChI is InChI=1S/C38H55N5O4/c1-9-11-12-13-14-20-43-30(5)39-33-18-21-42(29(4)32(10-2)35(33)43)36(44)31-16-17-34(28(3)27-31)46-26-15-19-40-22-24-41(25-23-40)37(45)47-38(6,7)8/h9-13,16-17,27,29H,14-15,18-26H2,1-8H3/b11-9-,13-12-,32-10+. The molecule has 0 bridgehead atoms. The van der Waals surface area contributed by atoms with Crippen LogP contribution in [0.1, 0.15) is 87.5 Å². The number of hydrogen-bond donors (Lipinski definition) is 0. The normalized spacial score (nSPS) is 18.6. The van der Waals surface area contributed by atoms with E-state index in [1.165, 1.54) is 0 Å². The van der Waals surface area contributed by atoms with Crippen molar-refractivity contribution in [2.45, 2.75) is 92.8 Å². The summed E-state index contributed by atoms with van der Waals surface area (Å²) in [5.74, 6) is 1.85. The Bertz CT molecular complexity index is 1470. The number of nitrogens with zero attached hydrogens (tertiary/aromatic N) is 5. The molecule has 1 fully saturated rings. The van der Waals surface area contributed by atoms with Crippen LogP contribution in [0.2, 0.25) is 0 Å². The molecule has 2 aliphatic rings. The van der Waals surface area contributed by atoms with Gasteiger partial charge in [-0.25, -0.2) is 9.78 Å². The molecule has 2 amide bonds. The summed E-state index contributed by atoms with van der Waals surface area (Å²) in [5, 5.41) is 0. The third kappa shape index (κ3) is 9.37. The Balaban J connectivity index is 1.31. The number of piperazine rings is 1. The number of hydrogen-bond acceptors (Lipinski definition) is 6. The van der Waals surface area contributed by atoms with E-state index in [9.17, 15) is 9.59 Å². The van der Waals surface area contributed by atoms with Crippen molar-refractivity contribution in [2.24, 2.45) is 0 Å². The Hall–Kier alpha value is -3.85. The van der Waals surface area contributed by atoms with Gasteiger partial charge in [0.05, 0.1) is 24.0 Å². The molecule has 4 rings (SSSR count). The number of fused-ring (bicyclic) bond motifs is 1. The molecule has 1 unspecified atom stereocenters. The number of carbonyl (C=O) groups excluding carboxylic acids is 2. The lowest BCUT2D eigenvalue weighted by Crippen LogP contribution is -2.50. The number of amides is 2. The van der Waals surface area contributed by atoms with E-state index >= 15 is 0 Å². The fourth-order valence-electron chi connectivity index (χ4n) is 6.39. The Kier molecular flexibility index (Phi) is 12.5. The molecular formula is C38H55N5O4. The van der Waals surface area contributed by atoms with Gasteiger partial charge in [-0.1, -0.05) is 30.4 Å². The summed E-state index contributed by atoms with van der Waals surface area (Å²) in [6.45, 7) is 21.9. The third-order valence-electron chi connectivity index (χ3n) is 8.86. The van der Waals surface area contributed by atoms with Crippen LogP contribution in [0, 0.1) is 13.8 Å². The number of imidazole rings is 1. The van der Waals surface area contributed by atoms with Gasteiger partial charge in [0.15, 0.2) is 0 Å². The van der Waals surface area contributed by atoms with Crippen molar-refractivity contribution in [1.29, 1.82) is 0 Å². The number of aromatic nitrogens is 2. The molecule has 0 spiro atoms. The van der Waals surface area contributed by atoms with Crippen molar-refractivity contribution in [1.82, 2.24) is 24.3 Å². The van der Waals surface area contributed by atoms with Crippen molar-refractivity contribution in [2.75, 3.05) is 45.9 Å². The van der Waals surface area contributed by atoms with Gasteiger partial charge in [0, 0.05) is 57.8 Å². The van der Waals surface area contributed by atoms with E-state index in [-0.39, 0.29) is 18.0 Å². The highest BCUT2D eigenvalue weighted by Gasteiger charge is 2.32. The summed E-state index contributed by atoms with van der Waals surface area (Å²) < 4.78 is 14.0. The van der Waals surface area contributed by atoms with Crippen molar-refractivity contribution < 1.29 is 19.1 Å². The minimum Gasteiger partial charge on any atom is -0.493 e. The van der Waals surface area contributed by atoms with E-state index < -0.39 is 5.60 Å². The maximum atomic E-state index is 13.9. The van der Waals surface area contributed by atoms with E-state index in [2.05, 4.69) is 48.5 Å². The molecule has 1 atom stereocenters. The number of rotatable bonds is 10. The van der Waals surface area contributed by atoms with Crippen LogP contribution in [0.15, 0.2) is 48.6 Å².